The number of rotatable bonds is 4. The number of aromatic nitrogens is 2. The van der Waals surface area contributed by atoms with Crippen LogP contribution in [-0.4, -0.2) is 15.5 Å². The summed E-state index contributed by atoms with van der Waals surface area (Å²) in [4.78, 5) is 16.9. The summed E-state index contributed by atoms with van der Waals surface area (Å²) in [7, 11) is 1.79. The van der Waals surface area contributed by atoms with E-state index in [-0.39, 0.29) is 0 Å². The summed E-state index contributed by atoms with van der Waals surface area (Å²) in [5.41, 5.74) is 0.668. The van der Waals surface area contributed by atoms with Gasteiger partial charge >= 0.3 is 0 Å². The maximum absolute atomic E-state index is 14.3. The molecule has 0 saturated carbocycles. The van der Waals surface area contributed by atoms with E-state index in [0.29, 0.717) is 22.0 Å². The van der Waals surface area contributed by atoms with Gasteiger partial charge in [0.2, 0.25) is 0 Å². The summed E-state index contributed by atoms with van der Waals surface area (Å²) in [6, 6.07) is 12.3. The summed E-state index contributed by atoms with van der Waals surface area (Å²) in [6.07, 6.45) is 3.34. The summed E-state index contributed by atoms with van der Waals surface area (Å²) in [5.74, 6) is -0.276. The minimum atomic E-state index is -0.727. The average Bonchev–Trinajstić information content (AvgIpc) is 2.99. The number of amides is 1. The van der Waals surface area contributed by atoms with Crippen LogP contribution in [0.4, 0.5) is 4.39 Å². The molecule has 0 spiro atoms. The first-order valence-corrected chi connectivity index (χ1v) is 7.72. The van der Waals surface area contributed by atoms with Gasteiger partial charge in [0.1, 0.15) is 17.7 Å². The second kappa shape index (κ2) is 6.84. The molecule has 0 aliphatic rings. The Morgan fingerprint density at radius 3 is 2.58 bits per heavy atom. The summed E-state index contributed by atoms with van der Waals surface area (Å²) in [6.45, 7) is 0. The van der Waals surface area contributed by atoms with Gasteiger partial charge in [0.05, 0.1) is 10.6 Å². The SMILES string of the molecule is Cn1ccnc1[C@H](NC(=O)c1ccccc1Cl)c1ccccc1F. The van der Waals surface area contributed by atoms with Crippen LogP contribution in [0, 0.1) is 5.82 Å². The van der Waals surface area contributed by atoms with Gasteiger partial charge in [-0.3, -0.25) is 4.79 Å². The number of imidazole rings is 1. The van der Waals surface area contributed by atoms with E-state index in [0.717, 1.165) is 0 Å². The third-order valence-electron chi connectivity index (χ3n) is 3.73. The Hall–Kier alpha value is -2.66. The van der Waals surface area contributed by atoms with Crippen molar-refractivity contribution in [2.45, 2.75) is 6.04 Å². The standard InChI is InChI=1S/C18H15ClFN3O/c1-23-11-10-21-17(23)16(13-7-3-5-9-15(13)20)22-18(24)12-6-2-4-8-14(12)19/h2-11,16H,1H3,(H,22,24)/t16-/m1/s1. The second-order valence-corrected chi connectivity index (χ2v) is 5.71. The Bertz CT molecular complexity index is 878. The lowest BCUT2D eigenvalue weighted by Crippen LogP contribution is -2.31. The maximum Gasteiger partial charge on any atom is 0.253 e. The molecule has 0 aliphatic carbocycles. The topological polar surface area (TPSA) is 46.9 Å². The van der Waals surface area contributed by atoms with E-state index < -0.39 is 17.8 Å². The van der Waals surface area contributed by atoms with Crippen molar-refractivity contribution in [1.82, 2.24) is 14.9 Å². The van der Waals surface area contributed by atoms with Crippen molar-refractivity contribution in [2.75, 3.05) is 0 Å². The van der Waals surface area contributed by atoms with Crippen LogP contribution < -0.4 is 5.32 Å². The zero-order valence-corrected chi connectivity index (χ0v) is 13.7. The van der Waals surface area contributed by atoms with Crippen molar-refractivity contribution in [3.8, 4) is 0 Å². The number of halogens is 2. The fraction of sp³-hybridized carbons (Fsp3) is 0.111. The highest BCUT2D eigenvalue weighted by Crippen LogP contribution is 2.24. The van der Waals surface area contributed by atoms with Gasteiger partial charge in [-0.2, -0.15) is 0 Å². The molecular weight excluding hydrogens is 329 g/mol. The molecule has 24 heavy (non-hydrogen) atoms. The quantitative estimate of drug-likeness (QED) is 0.784. The largest absolute Gasteiger partial charge is 0.338 e. The first-order chi connectivity index (χ1) is 11.6. The van der Waals surface area contributed by atoms with Crippen LogP contribution in [-0.2, 0) is 7.05 Å². The number of carbonyl (C=O) groups excluding carboxylic acids is 1. The minimum Gasteiger partial charge on any atom is -0.338 e. The molecule has 3 aromatic rings. The highest BCUT2D eigenvalue weighted by atomic mass is 35.5. The first-order valence-electron chi connectivity index (χ1n) is 7.35. The monoisotopic (exact) mass is 343 g/mol. The van der Waals surface area contributed by atoms with Gasteiger partial charge in [0.15, 0.2) is 0 Å². The normalized spacial score (nSPS) is 12.0. The number of nitrogens with one attached hydrogen (secondary N) is 1. The van der Waals surface area contributed by atoms with E-state index in [4.69, 9.17) is 11.6 Å². The molecule has 0 fully saturated rings. The number of hydrogen-bond acceptors (Lipinski definition) is 2. The predicted molar refractivity (Wildman–Crippen MR) is 90.4 cm³/mol. The summed E-state index contributed by atoms with van der Waals surface area (Å²) < 4.78 is 16.0. The van der Waals surface area contributed by atoms with Gasteiger partial charge < -0.3 is 9.88 Å². The minimum absolute atomic E-state index is 0.328. The molecule has 1 atom stereocenters. The van der Waals surface area contributed by atoms with Gasteiger partial charge in [0.25, 0.3) is 5.91 Å². The van der Waals surface area contributed by atoms with Gasteiger partial charge in [-0.1, -0.05) is 41.9 Å². The van der Waals surface area contributed by atoms with Crippen LogP contribution in [0.5, 0.6) is 0 Å². The lowest BCUT2D eigenvalue weighted by molar-refractivity contribution is 0.0941. The molecule has 6 heteroatoms. The number of aryl methyl sites for hydroxylation is 1. The third kappa shape index (κ3) is 3.16. The first kappa shape index (κ1) is 16.2. The lowest BCUT2D eigenvalue weighted by Gasteiger charge is -2.20. The van der Waals surface area contributed by atoms with Crippen molar-refractivity contribution in [3.63, 3.8) is 0 Å². The molecule has 0 aliphatic heterocycles. The van der Waals surface area contributed by atoms with E-state index in [9.17, 15) is 9.18 Å². The molecule has 0 saturated heterocycles. The van der Waals surface area contributed by atoms with Gasteiger partial charge in [-0.15, -0.1) is 0 Å². The van der Waals surface area contributed by atoms with Crippen molar-refractivity contribution in [1.29, 1.82) is 0 Å². The Morgan fingerprint density at radius 2 is 1.92 bits per heavy atom. The number of benzene rings is 2. The van der Waals surface area contributed by atoms with Crippen LogP contribution in [0.1, 0.15) is 27.8 Å². The predicted octanol–water partition coefficient (Wildman–Crippen LogP) is 3.73. The molecule has 1 aromatic heterocycles. The fourth-order valence-corrected chi connectivity index (χ4v) is 2.72. The molecule has 0 radical (unpaired) electrons. The third-order valence-corrected chi connectivity index (χ3v) is 4.06. The molecule has 0 unspecified atom stereocenters. The average molecular weight is 344 g/mol. The Morgan fingerprint density at radius 1 is 1.21 bits per heavy atom. The van der Waals surface area contributed by atoms with E-state index >= 15 is 0 Å². The fourth-order valence-electron chi connectivity index (χ4n) is 2.50. The lowest BCUT2D eigenvalue weighted by atomic mass is 10.0. The van der Waals surface area contributed by atoms with Gasteiger partial charge in [0, 0.05) is 25.0 Å². The molecule has 0 bridgehead atoms. The van der Waals surface area contributed by atoms with Gasteiger partial charge in [-0.25, -0.2) is 9.37 Å². The van der Waals surface area contributed by atoms with Crippen molar-refractivity contribution >= 4 is 17.5 Å². The maximum atomic E-state index is 14.3. The van der Waals surface area contributed by atoms with Crippen molar-refractivity contribution < 1.29 is 9.18 Å². The summed E-state index contributed by atoms with van der Waals surface area (Å²) in [5, 5.41) is 3.16. The molecule has 3 rings (SSSR count). The smallest absolute Gasteiger partial charge is 0.253 e. The Labute approximate surface area is 143 Å². The molecule has 4 nitrogen and oxygen atoms in total. The van der Waals surface area contributed by atoms with Crippen LogP contribution in [0.15, 0.2) is 60.9 Å². The van der Waals surface area contributed by atoms with E-state index in [1.165, 1.54) is 6.07 Å². The van der Waals surface area contributed by atoms with Gasteiger partial charge in [-0.05, 0) is 18.2 Å². The highest BCUT2D eigenvalue weighted by molar-refractivity contribution is 6.33. The van der Waals surface area contributed by atoms with E-state index in [2.05, 4.69) is 10.3 Å². The molecule has 1 N–H and O–H groups in total. The van der Waals surface area contributed by atoms with Crippen LogP contribution >= 0.6 is 11.6 Å². The molecule has 1 amide bonds. The zero-order chi connectivity index (χ0) is 17.1. The van der Waals surface area contributed by atoms with Crippen LogP contribution in [0.25, 0.3) is 0 Å². The zero-order valence-electron chi connectivity index (χ0n) is 12.9. The highest BCUT2D eigenvalue weighted by Gasteiger charge is 2.24. The second-order valence-electron chi connectivity index (χ2n) is 5.30. The molecule has 1 heterocycles. The molecule has 122 valence electrons. The molecular formula is C18H15ClFN3O. The van der Waals surface area contributed by atoms with Crippen LogP contribution in [0.3, 0.4) is 0 Å². The number of hydrogen-bond donors (Lipinski definition) is 1. The van der Waals surface area contributed by atoms with E-state index in [1.54, 1.807) is 66.5 Å². The van der Waals surface area contributed by atoms with E-state index in [1.807, 2.05) is 0 Å². The summed E-state index contributed by atoms with van der Waals surface area (Å²) >= 11 is 6.08. The Kier molecular flexibility index (Phi) is 4.62. The van der Waals surface area contributed by atoms with Crippen molar-refractivity contribution in [2.24, 2.45) is 7.05 Å². The Balaban J connectivity index is 2.00. The van der Waals surface area contributed by atoms with Crippen molar-refractivity contribution in [3.05, 3.63) is 88.7 Å². The van der Waals surface area contributed by atoms with Crippen LogP contribution in [0.2, 0.25) is 5.02 Å². The number of carbonyl (C=O) groups is 1. The molecule has 2 aromatic carbocycles. The number of nitrogens with zero attached hydrogens (tertiary/aromatic N) is 2.